The van der Waals surface area contributed by atoms with Crippen LogP contribution in [0, 0.1) is 0 Å². The number of carbonyl (C=O) groups excluding carboxylic acids is 7. The van der Waals surface area contributed by atoms with Crippen molar-refractivity contribution in [2.45, 2.75) is 63.9 Å². The molecule has 0 aromatic heterocycles. The van der Waals surface area contributed by atoms with E-state index in [-0.39, 0.29) is 30.6 Å². The molecule has 3 rings (SSSR count). The Bertz CT molecular complexity index is 1470. The number of ether oxygens (including phenoxy) is 5. The molecule has 3 atom stereocenters. The maximum absolute atomic E-state index is 12.9. The average Bonchev–Trinajstić information content (AvgIpc) is 3.31. The second kappa shape index (κ2) is 17.0. The lowest BCUT2D eigenvalue weighted by atomic mass is 10.1. The Morgan fingerprint density at radius 2 is 1.33 bits per heavy atom. The van der Waals surface area contributed by atoms with Gasteiger partial charge >= 0.3 is 24.0 Å². The van der Waals surface area contributed by atoms with E-state index >= 15 is 0 Å². The Morgan fingerprint density at radius 1 is 0.750 bits per heavy atom. The van der Waals surface area contributed by atoms with E-state index in [2.05, 4.69) is 10.6 Å². The minimum Gasteiger partial charge on any atom is -0.467 e. The van der Waals surface area contributed by atoms with Crippen LogP contribution in [0.25, 0.3) is 0 Å². The van der Waals surface area contributed by atoms with Gasteiger partial charge in [-0.1, -0.05) is 42.5 Å². The van der Waals surface area contributed by atoms with Gasteiger partial charge in [-0.2, -0.15) is 0 Å². The molecule has 0 unspecified atom stereocenters. The highest BCUT2D eigenvalue weighted by molar-refractivity contribution is 6.22. The van der Waals surface area contributed by atoms with Crippen molar-refractivity contribution in [3.8, 4) is 0 Å². The Kier molecular flexibility index (Phi) is 13.2. The molecule has 2 N–H and O–H groups in total. The third kappa shape index (κ3) is 10.4. The first kappa shape index (κ1) is 37.2. The number of fused-ring (bicyclic) bond motifs is 1. The molecule has 2 aromatic carbocycles. The molecule has 1 aliphatic heterocycles. The maximum Gasteiger partial charge on any atom is 0.408 e. The largest absolute Gasteiger partial charge is 0.467 e. The van der Waals surface area contributed by atoms with Crippen LogP contribution in [-0.2, 0) is 49.5 Å². The van der Waals surface area contributed by atoms with E-state index in [9.17, 15) is 33.6 Å². The standard InChI is InChI=1S/C33H39N3O12/c1-33(2,3)48-32(43)35-23(30(41)47-17-20-11-7-6-8-12-20)15-16-26(37)34-24(29(40)44-4)18-46-19-25(31(42)45-5)36-27(38)21-13-9-10-14-22(21)28(36)39/h6-14,23-25H,15-19H2,1-5H3,(H,34,37)(H,35,43)/t23-,24+,25-/m1/s1. The Hall–Kier alpha value is -5.31. The third-order valence-electron chi connectivity index (χ3n) is 6.85. The smallest absolute Gasteiger partial charge is 0.408 e. The lowest BCUT2D eigenvalue weighted by Gasteiger charge is -2.25. The van der Waals surface area contributed by atoms with Gasteiger partial charge in [0.05, 0.1) is 38.6 Å². The summed E-state index contributed by atoms with van der Waals surface area (Å²) < 4.78 is 25.7. The number of nitrogens with zero attached hydrogens (tertiary/aromatic N) is 1. The number of hydrogen-bond acceptors (Lipinski definition) is 12. The second-order valence-electron chi connectivity index (χ2n) is 11.6. The molecule has 0 saturated heterocycles. The van der Waals surface area contributed by atoms with Crippen LogP contribution in [0.5, 0.6) is 0 Å². The number of hydrogen-bond donors (Lipinski definition) is 2. The molecule has 15 nitrogen and oxygen atoms in total. The number of imide groups is 1. The van der Waals surface area contributed by atoms with Crippen molar-refractivity contribution in [2.24, 2.45) is 0 Å². The number of alkyl carbamates (subject to hydrolysis) is 1. The van der Waals surface area contributed by atoms with Crippen molar-refractivity contribution in [3.05, 3.63) is 71.3 Å². The zero-order valence-corrected chi connectivity index (χ0v) is 27.3. The highest BCUT2D eigenvalue weighted by atomic mass is 16.6. The van der Waals surface area contributed by atoms with Gasteiger partial charge in [0, 0.05) is 6.42 Å². The lowest BCUT2D eigenvalue weighted by molar-refractivity contribution is -0.150. The maximum atomic E-state index is 12.9. The van der Waals surface area contributed by atoms with E-state index in [4.69, 9.17) is 23.7 Å². The molecule has 48 heavy (non-hydrogen) atoms. The number of esters is 3. The van der Waals surface area contributed by atoms with Crippen LogP contribution >= 0.6 is 0 Å². The van der Waals surface area contributed by atoms with Crippen LogP contribution < -0.4 is 10.6 Å². The predicted molar refractivity (Wildman–Crippen MR) is 166 cm³/mol. The van der Waals surface area contributed by atoms with Crippen LogP contribution in [0.2, 0.25) is 0 Å². The first-order valence-corrected chi connectivity index (χ1v) is 15.0. The molecule has 0 spiro atoms. The van der Waals surface area contributed by atoms with E-state index < -0.39 is 78.7 Å². The summed E-state index contributed by atoms with van der Waals surface area (Å²) in [4.78, 5) is 89.9. The number of nitrogens with one attached hydrogen (secondary N) is 2. The zero-order chi connectivity index (χ0) is 35.4. The van der Waals surface area contributed by atoms with E-state index in [0.29, 0.717) is 5.56 Å². The Balaban J connectivity index is 1.63. The van der Waals surface area contributed by atoms with E-state index in [1.54, 1.807) is 63.2 Å². The van der Waals surface area contributed by atoms with Crippen molar-refractivity contribution in [1.29, 1.82) is 0 Å². The van der Waals surface area contributed by atoms with Crippen LogP contribution in [0.1, 0.15) is 59.9 Å². The Morgan fingerprint density at radius 3 is 1.90 bits per heavy atom. The summed E-state index contributed by atoms with van der Waals surface area (Å²) in [6.45, 7) is 3.78. The van der Waals surface area contributed by atoms with Gasteiger partial charge in [-0.3, -0.25) is 19.3 Å². The molecule has 1 heterocycles. The van der Waals surface area contributed by atoms with E-state index in [0.717, 1.165) is 19.1 Å². The summed E-state index contributed by atoms with van der Waals surface area (Å²) >= 11 is 0. The lowest BCUT2D eigenvalue weighted by Crippen LogP contribution is -2.50. The Labute approximate surface area is 277 Å². The third-order valence-corrected chi connectivity index (χ3v) is 6.85. The summed E-state index contributed by atoms with van der Waals surface area (Å²) in [7, 11) is 2.16. The normalized spacial score (nSPS) is 14.2. The van der Waals surface area contributed by atoms with Gasteiger partial charge in [0.1, 0.15) is 18.2 Å². The number of carbonyl (C=O) groups is 7. The van der Waals surface area contributed by atoms with Gasteiger partial charge < -0.3 is 34.3 Å². The molecule has 0 bridgehead atoms. The van der Waals surface area contributed by atoms with Gasteiger partial charge in [0.15, 0.2) is 12.1 Å². The molecule has 0 radical (unpaired) electrons. The van der Waals surface area contributed by atoms with Crippen molar-refractivity contribution in [3.63, 3.8) is 0 Å². The van der Waals surface area contributed by atoms with Crippen LogP contribution in [-0.4, -0.2) is 97.8 Å². The van der Waals surface area contributed by atoms with Crippen molar-refractivity contribution < 1.29 is 57.2 Å². The summed E-state index contributed by atoms with van der Waals surface area (Å²) in [5, 5.41) is 4.85. The van der Waals surface area contributed by atoms with Crippen molar-refractivity contribution in [1.82, 2.24) is 15.5 Å². The molecule has 2 aromatic rings. The minimum absolute atomic E-state index is 0.0760. The van der Waals surface area contributed by atoms with Gasteiger partial charge in [-0.15, -0.1) is 0 Å². The number of benzene rings is 2. The summed E-state index contributed by atoms with van der Waals surface area (Å²) in [6, 6.07) is 10.7. The quantitative estimate of drug-likeness (QED) is 0.159. The van der Waals surface area contributed by atoms with Crippen LogP contribution in [0.15, 0.2) is 54.6 Å². The minimum atomic E-state index is -1.49. The highest BCUT2D eigenvalue weighted by Crippen LogP contribution is 2.25. The number of methoxy groups -OCH3 is 2. The monoisotopic (exact) mass is 669 g/mol. The first-order valence-electron chi connectivity index (χ1n) is 15.0. The molecule has 0 fully saturated rings. The number of amides is 4. The summed E-state index contributed by atoms with van der Waals surface area (Å²) in [6.07, 6.45) is -1.48. The van der Waals surface area contributed by atoms with E-state index in [1.165, 1.54) is 12.1 Å². The molecular formula is C33H39N3O12. The van der Waals surface area contributed by atoms with Crippen LogP contribution in [0.4, 0.5) is 4.79 Å². The average molecular weight is 670 g/mol. The number of rotatable bonds is 15. The SMILES string of the molecule is COC(=O)[C@H](COC[C@H](C(=O)OC)N1C(=O)c2ccccc2C1=O)NC(=O)CC[C@@H](NC(=O)OC(C)(C)C)C(=O)OCc1ccccc1. The van der Waals surface area contributed by atoms with E-state index in [1.807, 2.05) is 0 Å². The summed E-state index contributed by atoms with van der Waals surface area (Å²) in [5.74, 6) is -4.80. The fourth-order valence-electron chi connectivity index (χ4n) is 4.55. The van der Waals surface area contributed by atoms with Crippen molar-refractivity contribution >= 4 is 41.7 Å². The van der Waals surface area contributed by atoms with Gasteiger partial charge in [-0.25, -0.2) is 19.2 Å². The topological polar surface area (TPSA) is 193 Å². The van der Waals surface area contributed by atoms with Gasteiger partial charge in [0.2, 0.25) is 5.91 Å². The van der Waals surface area contributed by atoms with Gasteiger partial charge in [-0.05, 0) is 44.9 Å². The fraction of sp³-hybridized carbons (Fsp3) is 0.424. The molecule has 15 heteroatoms. The van der Waals surface area contributed by atoms with Crippen molar-refractivity contribution in [2.75, 3.05) is 27.4 Å². The van der Waals surface area contributed by atoms with Gasteiger partial charge in [0.25, 0.3) is 11.8 Å². The molecular weight excluding hydrogens is 630 g/mol. The molecule has 1 aliphatic rings. The first-order chi connectivity index (χ1) is 22.7. The highest BCUT2D eigenvalue weighted by Gasteiger charge is 2.43. The second-order valence-corrected chi connectivity index (χ2v) is 11.6. The zero-order valence-electron chi connectivity index (χ0n) is 27.3. The fourth-order valence-corrected chi connectivity index (χ4v) is 4.55. The van der Waals surface area contributed by atoms with Crippen LogP contribution in [0.3, 0.4) is 0 Å². The predicted octanol–water partition coefficient (Wildman–Crippen LogP) is 1.92. The molecule has 258 valence electrons. The molecule has 4 amide bonds. The molecule has 0 saturated carbocycles. The summed E-state index contributed by atoms with van der Waals surface area (Å²) in [5.41, 5.74) is 0.0666. The molecule has 0 aliphatic carbocycles.